The van der Waals surface area contributed by atoms with Crippen LogP contribution in [0.1, 0.15) is 23.9 Å². The maximum atomic E-state index is 12.1. The van der Waals surface area contributed by atoms with Gasteiger partial charge in [0.2, 0.25) is 11.8 Å². The van der Waals surface area contributed by atoms with Crippen molar-refractivity contribution in [2.45, 2.75) is 32.3 Å². The quantitative estimate of drug-likeness (QED) is 0.592. The van der Waals surface area contributed by atoms with E-state index >= 15 is 0 Å². The van der Waals surface area contributed by atoms with Gasteiger partial charge in [0.05, 0.1) is 12.3 Å². The predicted octanol–water partition coefficient (Wildman–Crippen LogP) is 2.15. The number of nitrogens with one attached hydrogen (secondary N) is 2. The van der Waals surface area contributed by atoms with Crippen molar-refractivity contribution in [2.24, 2.45) is 0 Å². The molecule has 3 rings (SSSR count). The molecule has 2 N–H and O–H groups in total. The number of aromatic nitrogens is 4. The van der Waals surface area contributed by atoms with Gasteiger partial charge >= 0.3 is 0 Å². The number of hydrogen-bond donors (Lipinski definition) is 2. The van der Waals surface area contributed by atoms with Crippen LogP contribution in [0.25, 0.3) is 5.78 Å². The number of fused-ring (bicyclic) bond motifs is 1. The number of carbonyl (C=O) groups is 2. The molecule has 0 aliphatic carbocycles. The van der Waals surface area contributed by atoms with Gasteiger partial charge in [0.1, 0.15) is 0 Å². The monoisotopic (exact) mass is 398 g/mol. The van der Waals surface area contributed by atoms with Crippen LogP contribution >= 0.6 is 11.8 Å². The number of para-hydroxylation sites is 1. The number of carbonyl (C=O) groups excluding carboxylic acids is 2. The van der Waals surface area contributed by atoms with Crippen LogP contribution in [0.15, 0.2) is 35.5 Å². The third-order valence-electron chi connectivity index (χ3n) is 4.11. The summed E-state index contributed by atoms with van der Waals surface area (Å²) in [5, 5.41) is 14.2. The topological polar surface area (TPSA) is 101 Å². The Morgan fingerprint density at radius 3 is 2.71 bits per heavy atom. The lowest BCUT2D eigenvalue weighted by molar-refractivity contribution is -0.122. The van der Waals surface area contributed by atoms with E-state index in [1.165, 1.54) is 11.8 Å². The van der Waals surface area contributed by atoms with Gasteiger partial charge in [-0.15, -0.1) is 10.2 Å². The average Bonchev–Trinajstić information content (AvgIpc) is 3.08. The number of aryl methyl sites for hydroxylation is 3. The summed E-state index contributed by atoms with van der Waals surface area (Å²) in [6, 6.07) is 9.54. The SMILES string of the molecule is CCc1ccccc1NC(=O)CNC(=O)CSc1nnc2nc(C)cc(C)n12. The molecule has 2 aromatic heterocycles. The normalized spacial score (nSPS) is 10.8. The molecule has 146 valence electrons. The lowest BCUT2D eigenvalue weighted by Gasteiger charge is -2.10. The van der Waals surface area contributed by atoms with E-state index < -0.39 is 0 Å². The van der Waals surface area contributed by atoms with Gasteiger partial charge in [-0.1, -0.05) is 36.9 Å². The van der Waals surface area contributed by atoms with Gasteiger partial charge < -0.3 is 10.6 Å². The fourth-order valence-electron chi connectivity index (χ4n) is 2.80. The van der Waals surface area contributed by atoms with Gasteiger partial charge in [0.25, 0.3) is 5.78 Å². The smallest absolute Gasteiger partial charge is 0.256 e. The van der Waals surface area contributed by atoms with Crippen LogP contribution in [0, 0.1) is 13.8 Å². The third kappa shape index (κ3) is 4.66. The molecular weight excluding hydrogens is 376 g/mol. The summed E-state index contributed by atoms with van der Waals surface area (Å²) < 4.78 is 1.80. The van der Waals surface area contributed by atoms with Gasteiger partial charge in [-0.05, 0) is 38.0 Å². The zero-order valence-corrected chi connectivity index (χ0v) is 16.8. The van der Waals surface area contributed by atoms with Crippen LogP contribution in [-0.4, -0.2) is 43.7 Å². The summed E-state index contributed by atoms with van der Waals surface area (Å²) in [5.74, 6) is 0.128. The Kier molecular flexibility index (Phi) is 6.25. The highest BCUT2D eigenvalue weighted by atomic mass is 32.2. The van der Waals surface area contributed by atoms with E-state index in [0.717, 1.165) is 29.1 Å². The van der Waals surface area contributed by atoms with E-state index in [9.17, 15) is 9.59 Å². The highest BCUT2D eigenvalue weighted by Gasteiger charge is 2.13. The number of rotatable bonds is 7. The van der Waals surface area contributed by atoms with Crippen molar-refractivity contribution in [2.75, 3.05) is 17.6 Å². The second-order valence-electron chi connectivity index (χ2n) is 6.28. The first kappa shape index (κ1) is 19.8. The summed E-state index contributed by atoms with van der Waals surface area (Å²) in [6.07, 6.45) is 0.819. The number of nitrogens with zero attached hydrogens (tertiary/aromatic N) is 4. The zero-order valence-electron chi connectivity index (χ0n) is 16.0. The van der Waals surface area contributed by atoms with Crippen LogP contribution in [0.3, 0.4) is 0 Å². The third-order valence-corrected chi connectivity index (χ3v) is 5.04. The van der Waals surface area contributed by atoms with E-state index in [-0.39, 0.29) is 24.1 Å². The van der Waals surface area contributed by atoms with Crippen LogP contribution in [0.4, 0.5) is 5.69 Å². The van der Waals surface area contributed by atoms with Crippen LogP contribution in [-0.2, 0) is 16.0 Å². The fraction of sp³-hybridized carbons (Fsp3) is 0.316. The number of amides is 2. The summed E-state index contributed by atoms with van der Waals surface area (Å²) in [7, 11) is 0. The molecule has 2 heterocycles. The molecule has 1 aromatic carbocycles. The summed E-state index contributed by atoms with van der Waals surface area (Å²) >= 11 is 1.25. The Morgan fingerprint density at radius 2 is 1.93 bits per heavy atom. The molecule has 0 unspecified atom stereocenters. The molecule has 0 bridgehead atoms. The lowest BCUT2D eigenvalue weighted by Crippen LogP contribution is -2.34. The van der Waals surface area contributed by atoms with E-state index in [2.05, 4.69) is 25.8 Å². The minimum Gasteiger partial charge on any atom is -0.346 e. The molecule has 0 saturated carbocycles. The van der Waals surface area contributed by atoms with Crippen molar-refractivity contribution in [3.05, 3.63) is 47.3 Å². The van der Waals surface area contributed by atoms with Crippen LogP contribution in [0.5, 0.6) is 0 Å². The molecule has 0 atom stereocenters. The molecule has 0 saturated heterocycles. The molecule has 28 heavy (non-hydrogen) atoms. The van der Waals surface area contributed by atoms with Crippen molar-refractivity contribution < 1.29 is 9.59 Å². The Balaban J connectivity index is 1.52. The standard InChI is InChI=1S/C19H22N6O2S/c1-4-14-7-5-6-8-15(14)22-16(26)10-20-17(27)11-28-19-24-23-18-21-12(2)9-13(3)25(18)19/h5-9H,4,10-11H2,1-3H3,(H,20,27)(H,22,26). The predicted molar refractivity (Wildman–Crippen MR) is 108 cm³/mol. The minimum absolute atomic E-state index is 0.0855. The van der Waals surface area contributed by atoms with E-state index in [1.807, 2.05) is 51.1 Å². The van der Waals surface area contributed by atoms with Crippen molar-refractivity contribution in [1.82, 2.24) is 24.9 Å². The Hall–Kier alpha value is -2.94. The van der Waals surface area contributed by atoms with Gasteiger partial charge in [0, 0.05) is 17.1 Å². The number of benzene rings is 1. The summed E-state index contributed by atoms with van der Waals surface area (Å²) in [5.41, 5.74) is 3.63. The molecule has 9 heteroatoms. The van der Waals surface area contributed by atoms with E-state index in [4.69, 9.17) is 0 Å². The van der Waals surface area contributed by atoms with Crippen LogP contribution < -0.4 is 10.6 Å². The lowest BCUT2D eigenvalue weighted by atomic mass is 10.1. The Bertz CT molecular complexity index is 1020. The first-order valence-corrected chi connectivity index (χ1v) is 9.93. The molecule has 0 spiro atoms. The molecule has 0 fully saturated rings. The van der Waals surface area contributed by atoms with E-state index in [1.54, 1.807) is 4.40 Å². The number of thioether (sulfide) groups is 1. The first-order chi connectivity index (χ1) is 13.5. The van der Waals surface area contributed by atoms with Gasteiger partial charge in [-0.2, -0.15) is 0 Å². The Labute approximate surface area is 167 Å². The maximum absolute atomic E-state index is 12.1. The van der Waals surface area contributed by atoms with Crippen molar-refractivity contribution in [3.63, 3.8) is 0 Å². The molecule has 0 aliphatic heterocycles. The number of anilines is 1. The average molecular weight is 398 g/mol. The van der Waals surface area contributed by atoms with Crippen molar-refractivity contribution in [1.29, 1.82) is 0 Å². The largest absolute Gasteiger partial charge is 0.346 e. The minimum atomic E-state index is -0.261. The first-order valence-electron chi connectivity index (χ1n) is 8.94. The summed E-state index contributed by atoms with van der Waals surface area (Å²) in [6.45, 7) is 5.77. The Morgan fingerprint density at radius 1 is 1.14 bits per heavy atom. The van der Waals surface area contributed by atoms with Gasteiger partial charge in [0.15, 0.2) is 5.16 Å². The molecule has 0 radical (unpaired) electrons. The maximum Gasteiger partial charge on any atom is 0.256 e. The second-order valence-corrected chi connectivity index (χ2v) is 7.22. The van der Waals surface area contributed by atoms with Gasteiger partial charge in [-0.3, -0.25) is 14.0 Å². The molecule has 0 aliphatic rings. The molecular formula is C19H22N6O2S. The highest BCUT2D eigenvalue weighted by molar-refractivity contribution is 7.99. The summed E-state index contributed by atoms with van der Waals surface area (Å²) in [4.78, 5) is 28.5. The highest BCUT2D eigenvalue weighted by Crippen LogP contribution is 2.18. The van der Waals surface area contributed by atoms with Crippen molar-refractivity contribution >= 4 is 35.0 Å². The molecule has 8 nitrogen and oxygen atoms in total. The zero-order chi connectivity index (χ0) is 20.1. The van der Waals surface area contributed by atoms with Gasteiger partial charge in [-0.25, -0.2) is 4.98 Å². The van der Waals surface area contributed by atoms with Crippen LogP contribution in [0.2, 0.25) is 0 Å². The molecule has 3 aromatic rings. The number of hydrogen-bond acceptors (Lipinski definition) is 6. The van der Waals surface area contributed by atoms with Crippen molar-refractivity contribution in [3.8, 4) is 0 Å². The second kappa shape index (κ2) is 8.83. The van der Waals surface area contributed by atoms with E-state index in [0.29, 0.717) is 10.9 Å². The molecule has 2 amide bonds. The fourth-order valence-corrected chi connectivity index (χ4v) is 3.61.